The molecule has 4 aromatic rings. The van der Waals surface area contributed by atoms with Crippen molar-refractivity contribution in [3.63, 3.8) is 0 Å². The van der Waals surface area contributed by atoms with Gasteiger partial charge in [0.05, 0.1) is 0 Å². The first-order valence-corrected chi connectivity index (χ1v) is 10.9. The Morgan fingerprint density at radius 1 is 1.03 bits per heavy atom. The van der Waals surface area contributed by atoms with Crippen LogP contribution in [0.2, 0.25) is 0 Å². The van der Waals surface area contributed by atoms with Crippen molar-refractivity contribution in [3.8, 4) is 22.9 Å². The lowest BCUT2D eigenvalue weighted by molar-refractivity contribution is 0.107. The molecule has 2 aromatic carbocycles. The Kier molecular flexibility index (Phi) is 4.01. The summed E-state index contributed by atoms with van der Waals surface area (Å²) in [5, 5.41) is 11.2. The molecule has 0 bridgehead atoms. The number of nitrogens with zero attached hydrogens (tertiary/aromatic N) is 3. The molecule has 146 valence electrons. The fourth-order valence-corrected chi connectivity index (χ4v) is 4.76. The van der Waals surface area contributed by atoms with Gasteiger partial charge in [0.1, 0.15) is 12.7 Å². The number of aromatic amines is 1. The monoisotopic (exact) mass is 404 g/mol. The van der Waals surface area contributed by atoms with Gasteiger partial charge in [0.25, 0.3) is 0 Å². The van der Waals surface area contributed by atoms with Gasteiger partial charge in [0, 0.05) is 34.5 Å². The largest absolute Gasteiger partial charge is 0.486 e. The standard InChI is InChI=1S/C22H20N4O2S/c1-2-6-18-16(5-1)17(11-23-18)21-24-25-22(26(21)14-9-10-14)29-13-15-12-27-19-7-3-4-8-20(19)28-15/h1-8,11,14-15,23H,9-10,12-13H2/t15-/m1/s1. The molecule has 1 N–H and O–H groups in total. The lowest BCUT2D eigenvalue weighted by Crippen LogP contribution is -2.31. The molecule has 6 nitrogen and oxygen atoms in total. The topological polar surface area (TPSA) is 65.0 Å². The maximum Gasteiger partial charge on any atom is 0.191 e. The molecule has 1 atom stereocenters. The maximum absolute atomic E-state index is 6.10. The van der Waals surface area contributed by atoms with Crippen molar-refractivity contribution in [2.45, 2.75) is 30.1 Å². The SMILES string of the molecule is c1ccc2c(c1)OC[C@H](CSc1nnc(-c3c[nH]c4ccccc34)n1C1CC1)O2. The second kappa shape index (κ2) is 6.84. The van der Waals surface area contributed by atoms with Crippen LogP contribution >= 0.6 is 11.8 Å². The second-order valence-corrected chi connectivity index (χ2v) is 8.45. The first-order chi connectivity index (χ1) is 14.4. The van der Waals surface area contributed by atoms with Crippen LogP contribution < -0.4 is 9.47 Å². The molecular formula is C22H20N4O2S. The maximum atomic E-state index is 6.10. The van der Waals surface area contributed by atoms with Crippen LogP contribution in [0.5, 0.6) is 11.5 Å². The molecule has 0 unspecified atom stereocenters. The minimum absolute atomic E-state index is 0.00390. The van der Waals surface area contributed by atoms with E-state index in [9.17, 15) is 0 Å². The first-order valence-electron chi connectivity index (χ1n) is 9.89. The van der Waals surface area contributed by atoms with E-state index >= 15 is 0 Å². The van der Waals surface area contributed by atoms with Gasteiger partial charge in [-0.15, -0.1) is 10.2 Å². The van der Waals surface area contributed by atoms with Crippen LogP contribution in [0, 0.1) is 0 Å². The molecule has 3 heterocycles. The van der Waals surface area contributed by atoms with Crippen molar-refractivity contribution in [1.82, 2.24) is 19.7 Å². The summed E-state index contributed by atoms with van der Waals surface area (Å²) in [7, 11) is 0. The molecule has 0 radical (unpaired) electrons. The number of H-pyrrole nitrogens is 1. The number of hydrogen-bond donors (Lipinski definition) is 1. The number of para-hydroxylation sites is 3. The highest BCUT2D eigenvalue weighted by Gasteiger charge is 2.31. The van der Waals surface area contributed by atoms with E-state index in [0.717, 1.165) is 39.3 Å². The zero-order valence-electron chi connectivity index (χ0n) is 15.7. The third-order valence-corrected chi connectivity index (χ3v) is 6.45. The summed E-state index contributed by atoms with van der Waals surface area (Å²) in [4.78, 5) is 3.35. The van der Waals surface area contributed by atoms with E-state index in [0.29, 0.717) is 12.6 Å². The van der Waals surface area contributed by atoms with Crippen molar-refractivity contribution in [2.75, 3.05) is 12.4 Å². The lowest BCUT2D eigenvalue weighted by atomic mass is 10.1. The van der Waals surface area contributed by atoms with E-state index in [2.05, 4.69) is 37.9 Å². The summed E-state index contributed by atoms with van der Waals surface area (Å²) in [5.41, 5.74) is 2.23. The molecule has 0 spiro atoms. The van der Waals surface area contributed by atoms with Gasteiger partial charge in [-0.25, -0.2) is 0 Å². The van der Waals surface area contributed by atoms with Crippen LogP contribution in [0.1, 0.15) is 18.9 Å². The second-order valence-electron chi connectivity index (χ2n) is 7.46. The Morgan fingerprint density at radius 2 is 1.86 bits per heavy atom. The summed E-state index contributed by atoms with van der Waals surface area (Å²) < 4.78 is 14.2. The van der Waals surface area contributed by atoms with E-state index in [-0.39, 0.29) is 6.10 Å². The molecule has 2 aromatic heterocycles. The number of rotatable bonds is 5. The van der Waals surface area contributed by atoms with Crippen LogP contribution in [0.25, 0.3) is 22.3 Å². The summed E-state index contributed by atoms with van der Waals surface area (Å²) in [5.74, 6) is 3.34. The summed E-state index contributed by atoms with van der Waals surface area (Å²) in [6, 6.07) is 16.6. The number of thioether (sulfide) groups is 1. The third kappa shape index (κ3) is 3.06. The number of hydrogen-bond acceptors (Lipinski definition) is 5. The molecule has 6 rings (SSSR count). The Bertz CT molecular complexity index is 1180. The number of fused-ring (bicyclic) bond motifs is 2. The molecule has 1 fully saturated rings. The molecule has 29 heavy (non-hydrogen) atoms. The third-order valence-electron chi connectivity index (χ3n) is 5.37. The zero-order chi connectivity index (χ0) is 19.2. The summed E-state index contributed by atoms with van der Waals surface area (Å²) in [6.45, 7) is 0.552. The quantitative estimate of drug-likeness (QED) is 0.489. The summed E-state index contributed by atoms with van der Waals surface area (Å²) >= 11 is 1.69. The Labute approximate surface area is 172 Å². The average molecular weight is 404 g/mol. The molecule has 2 aliphatic rings. The zero-order valence-corrected chi connectivity index (χ0v) is 16.6. The highest BCUT2D eigenvalue weighted by molar-refractivity contribution is 7.99. The predicted octanol–water partition coefficient (Wildman–Crippen LogP) is 4.69. The average Bonchev–Trinajstić information content (AvgIpc) is 3.38. The molecule has 1 aliphatic heterocycles. The van der Waals surface area contributed by atoms with Gasteiger partial charge >= 0.3 is 0 Å². The lowest BCUT2D eigenvalue weighted by Gasteiger charge is -2.26. The number of benzene rings is 2. The number of aromatic nitrogens is 4. The molecule has 0 amide bonds. The molecule has 7 heteroatoms. The van der Waals surface area contributed by atoms with Crippen LogP contribution in [-0.4, -0.2) is 38.2 Å². The Hall–Kier alpha value is -2.93. The molecule has 0 saturated heterocycles. The minimum atomic E-state index is -0.00390. The fraction of sp³-hybridized carbons (Fsp3) is 0.273. The van der Waals surface area contributed by atoms with Crippen molar-refractivity contribution >= 4 is 22.7 Å². The van der Waals surface area contributed by atoms with E-state index in [1.807, 2.05) is 36.5 Å². The highest BCUT2D eigenvalue weighted by Crippen LogP contribution is 2.42. The van der Waals surface area contributed by atoms with Gasteiger partial charge in [-0.2, -0.15) is 0 Å². The van der Waals surface area contributed by atoms with Crippen LogP contribution in [0.3, 0.4) is 0 Å². The highest BCUT2D eigenvalue weighted by atomic mass is 32.2. The van der Waals surface area contributed by atoms with E-state index in [1.165, 1.54) is 18.2 Å². The van der Waals surface area contributed by atoms with E-state index in [1.54, 1.807) is 11.8 Å². The predicted molar refractivity (Wildman–Crippen MR) is 113 cm³/mol. The first kappa shape index (κ1) is 17.0. The van der Waals surface area contributed by atoms with Gasteiger partial charge in [-0.1, -0.05) is 42.1 Å². The van der Waals surface area contributed by atoms with Crippen LogP contribution in [0.15, 0.2) is 59.9 Å². The normalized spacial score (nSPS) is 18.3. The van der Waals surface area contributed by atoms with Crippen molar-refractivity contribution < 1.29 is 9.47 Å². The Balaban J connectivity index is 1.26. The van der Waals surface area contributed by atoms with Crippen molar-refractivity contribution in [1.29, 1.82) is 0 Å². The minimum Gasteiger partial charge on any atom is -0.486 e. The fourth-order valence-electron chi connectivity index (χ4n) is 3.79. The van der Waals surface area contributed by atoms with Crippen LogP contribution in [0.4, 0.5) is 0 Å². The van der Waals surface area contributed by atoms with E-state index < -0.39 is 0 Å². The van der Waals surface area contributed by atoms with Gasteiger partial charge in [-0.3, -0.25) is 4.57 Å². The van der Waals surface area contributed by atoms with Crippen LogP contribution in [-0.2, 0) is 0 Å². The molecule has 1 aliphatic carbocycles. The van der Waals surface area contributed by atoms with Crippen molar-refractivity contribution in [2.24, 2.45) is 0 Å². The van der Waals surface area contributed by atoms with Gasteiger partial charge in [-0.05, 0) is 31.0 Å². The van der Waals surface area contributed by atoms with Gasteiger partial charge in [0.2, 0.25) is 0 Å². The molecular weight excluding hydrogens is 384 g/mol. The van der Waals surface area contributed by atoms with Crippen molar-refractivity contribution in [3.05, 3.63) is 54.7 Å². The van der Waals surface area contributed by atoms with E-state index in [4.69, 9.17) is 9.47 Å². The Morgan fingerprint density at radius 3 is 2.76 bits per heavy atom. The number of nitrogens with one attached hydrogen (secondary N) is 1. The molecule has 1 saturated carbocycles. The number of ether oxygens (including phenoxy) is 2. The van der Waals surface area contributed by atoms with Gasteiger partial charge < -0.3 is 14.5 Å². The summed E-state index contributed by atoms with van der Waals surface area (Å²) in [6.07, 6.45) is 4.39. The van der Waals surface area contributed by atoms with Gasteiger partial charge in [0.15, 0.2) is 22.5 Å². The smallest absolute Gasteiger partial charge is 0.191 e.